The molecule has 0 atom stereocenters. The fourth-order valence-electron chi connectivity index (χ4n) is 1.50. The van der Waals surface area contributed by atoms with Gasteiger partial charge in [-0.3, -0.25) is 4.79 Å². The van der Waals surface area contributed by atoms with Crippen LogP contribution in [0.25, 0.3) is 0 Å². The van der Waals surface area contributed by atoms with Crippen LogP contribution in [0.4, 0.5) is 0 Å². The molecule has 2 nitrogen and oxygen atoms in total. The first-order valence-electron chi connectivity index (χ1n) is 4.04. The predicted octanol–water partition coefficient (Wildman–Crippen LogP) is 1.57. The molecule has 1 aliphatic rings. The first kappa shape index (κ1) is 8.31. The van der Waals surface area contributed by atoms with E-state index in [9.17, 15) is 4.79 Å². The van der Waals surface area contributed by atoms with Gasteiger partial charge in [0.15, 0.2) is 5.78 Å². The van der Waals surface area contributed by atoms with Crippen molar-refractivity contribution in [3.63, 3.8) is 0 Å². The molecule has 0 aromatic heterocycles. The smallest absolute Gasteiger partial charge is 0.157 e. The summed E-state index contributed by atoms with van der Waals surface area (Å²) in [5.41, 5.74) is 2.17. The Hall–Kier alpha value is -0.790. The Morgan fingerprint density at radius 2 is 2.18 bits per heavy atom. The summed E-state index contributed by atoms with van der Waals surface area (Å²) in [6, 6.07) is 0. The summed E-state index contributed by atoms with van der Waals surface area (Å²) in [6.07, 6.45) is 2.08. The van der Waals surface area contributed by atoms with Crippen molar-refractivity contribution >= 4 is 5.78 Å². The molecule has 0 saturated carbocycles. The SMILES string of the molecule is CC(=O)C1=C(C)N(C)CCC1. The van der Waals surface area contributed by atoms with E-state index in [0.717, 1.165) is 30.7 Å². The minimum atomic E-state index is 0.231. The second-order valence-corrected chi connectivity index (χ2v) is 3.15. The van der Waals surface area contributed by atoms with E-state index < -0.39 is 0 Å². The third-order valence-electron chi connectivity index (χ3n) is 2.35. The van der Waals surface area contributed by atoms with E-state index in [0.29, 0.717) is 0 Å². The van der Waals surface area contributed by atoms with Gasteiger partial charge in [0, 0.05) is 24.9 Å². The maximum atomic E-state index is 11.1. The van der Waals surface area contributed by atoms with Crippen molar-refractivity contribution in [2.24, 2.45) is 0 Å². The van der Waals surface area contributed by atoms with Crippen LogP contribution in [0.5, 0.6) is 0 Å². The minimum Gasteiger partial charge on any atom is -0.378 e. The third-order valence-corrected chi connectivity index (χ3v) is 2.35. The molecule has 0 aromatic carbocycles. The molecule has 0 aliphatic carbocycles. The Morgan fingerprint density at radius 1 is 1.55 bits per heavy atom. The molecule has 0 bridgehead atoms. The lowest BCUT2D eigenvalue weighted by Crippen LogP contribution is -2.25. The average Bonchev–Trinajstić information content (AvgIpc) is 1.94. The van der Waals surface area contributed by atoms with Crippen molar-refractivity contribution in [3.8, 4) is 0 Å². The Morgan fingerprint density at radius 3 is 2.64 bits per heavy atom. The maximum absolute atomic E-state index is 11.1. The zero-order valence-corrected chi connectivity index (χ0v) is 7.48. The van der Waals surface area contributed by atoms with Gasteiger partial charge in [-0.05, 0) is 26.7 Å². The van der Waals surface area contributed by atoms with Crippen LogP contribution in [0.2, 0.25) is 0 Å². The largest absolute Gasteiger partial charge is 0.378 e. The fraction of sp³-hybridized carbons (Fsp3) is 0.667. The van der Waals surface area contributed by atoms with E-state index in [-0.39, 0.29) is 5.78 Å². The summed E-state index contributed by atoms with van der Waals surface area (Å²) in [5, 5.41) is 0. The van der Waals surface area contributed by atoms with Crippen LogP contribution in [-0.2, 0) is 4.79 Å². The zero-order valence-electron chi connectivity index (χ0n) is 7.48. The highest BCUT2D eigenvalue weighted by molar-refractivity contribution is 5.93. The van der Waals surface area contributed by atoms with E-state index in [1.807, 2.05) is 14.0 Å². The predicted molar refractivity (Wildman–Crippen MR) is 45.2 cm³/mol. The van der Waals surface area contributed by atoms with Gasteiger partial charge in [0.1, 0.15) is 0 Å². The highest BCUT2D eigenvalue weighted by atomic mass is 16.1. The first-order chi connectivity index (χ1) is 5.13. The number of rotatable bonds is 1. The number of ketones is 1. The van der Waals surface area contributed by atoms with Gasteiger partial charge in [-0.15, -0.1) is 0 Å². The van der Waals surface area contributed by atoms with Gasteiger partial charge in [-0.1, -0.05) is 0 Å². The van der Waals surface area contributed by atoms with Crippen LogP contribution in [0.1, 0.15) is 26.7 Å². The molecule has 0 spiro atoms. The summed E-state index contributed by atoms with van der Waals surface area (Å²) in [6.45, 7) is 4.76. The fourth-order valence-corrected chi connectivity index (χ4v) is 1.50. The molecular formula is C9H15NO. The second kappa shape index (κ2) is 3.07. The highest BCUT2D eigenvalue weighted by Crippen LogP contribution is 2.20. The lowest BCUT2D eigenvalue weighted by Gasteiger charge is -2.27. The van der Waals surface area contributed by atoms with E-state index in [1.54, 1.807) is 6.92 Å². The first-order valence-corrected chi connectivity index (χ1v) is 4.04. The normalized spacial score (nSPS) is 19.0. The number of hydrogen-bond donors (Lipinski definition) is 0. The van der Waals surface area contributed by atoms with Crippen molar-refractivity contribution < 1.29 is 4.79 Å². The van der Waals surface area contributed by atoms with Gasteiger partial charge in [-0.25, -0.2) is 0 Å². The molecule has 0 aromatic rings. The number of carbonyl (C=O) groups is 1. The molecule has 2 heteroatoms. The summed E-state index contributed by atoms with van der Waals surface area (Å²) in [5.74, 6) is 0.231. The summed E-state index contributed by atoms with van der Waals surface area (Å²) in [7, 11) is 2.04. The number of Topliss-reactive ketones (excluding diaryl/α,β-unsaturated/α-hetero) is 1. The number of hydrogen-bond acceptors (Lipinski definition) is 2. The van der Waals surface area contributed by atoms with E-state index in [2.05, 4.69) is 4.90 Å². The lowest BCUT2D eigenvalue weighted by molar-refractivity contribution is -0.114. The third kappa shape index (κ3) is 1.62. The van der Waals surface area contributed by atoms with E-state index >= 15 is 0 Å². The molecule has 0 radical (unpaired) electrons. The zero-order chi connectivity index (χ0) is 8.43. The average molecular weight is 153 g/mol. The maximum Gasteiger partial charge on any atom is 0.157 e. The van der Waals surface area contributed by atoms with Crippen molar-refractivity contribution in [2.45, 2.75) is 26.7 Å². The topological polar surface area (TPSA) is 20.3 Å². The van der Waals surface area contributed by atoms with Crippen molar-refractivity contribution in [2.75, 3.05) is 13.6 Å². The Kier molecular flexibility index (Phi) is 2.32. The summed E-state index contributed by atoms with van der Waals surface area (Å²) >= 11 is 0. The molecule has 1 heterocycles. The standard InChI is InChI=1S/C9H15NO/c1-7-9(8(2)11)5-4-6-10(7)3/h4-6H2,1-3H3. The molecule has 1 aliphatic heterocycles. The Balaban J connectivity index is 2.89. The van der Waals surface area contributed by atoms with Gasteiger partial charge in [0.05, 0.1) is 0 Å². The summed E-state index contributed by atoms with van der Waals surface area (Å²) < 4.78 is 0. The molecule has 11 heavy (non-hydrogen) atoms. The molecule has 0 amide bonds. The molecule has 62 valence electrons. The van der Waals surface area contributed by atoms with Crippen LogP contribution in [0, 0.1) is 0 Å². The lowest BCUT2D eigenvalue weighted by atomic mass is 10.0. The van der Waals surface area contributed by atoms with Gasteiger partial charge < -0.3 is 4.90 Å². The Bertz CT molecular complexity index is 206. The van der Waals surface area contributed by atoms with Gasteiger partial charge in [0.2, 0.25) is 0 Å². The Labute approximate surface area is 67.9 Å². The molecule has 0 saturated heterocycles. The van der Waals surface area contributed by atoms with Crippen molar-refractivity contribution in [1.29, 1.82) is 0 Å². The van der Waals surface area contributed by atoms with Gasteiger partial charge in [-0.2, -0.15) is 0 Å². The van der Waals surface area contributed by atoms with Crippen LogP contribution < -0.4 is 0 Å². The number of carbonyl (C=O) groups excluding carboxylic acids is 1. The number of allylic oxidation sites excluding steroid dienone is 2. The molecular weight excluding hydrogens is 138 g/mol. The van der Waals surface area contributed by atoms with E-state index in [1.165, 1.54) is 0 Å². The van der Waals surface area contributed by atoms with Crippen LogP contribution in [0.3, 0.4) is 0 Å². The minimum absolute atomic E-state index is 0.231. The van der Waals surface area contributed by atoms with Gasteiger partial charge in [0.25, 0.3) is 0 Å². The molecule has 1 rings (SSSR count). The van der Waals surface area contributed by atoms with Crippen LogP contribution in [0.15, 0.2) is 11.3 Å². The van der Waals surface area contributed by atoms with Crippen molar-refractivity contribution in [1.82, 2.24) is 4.90 Å². The van der Waals surface area contributed by atoms with Crippen LogP contribution in [-0.4, -0.2) is 24.3 Å². The van der Waals surface area contributed by atoms with E-state index in [4.69, 9.17) is 0 Å². The monoisotopic (exact) mass is 153 g/mol. The quantitative estimate of drug-likeness (QED) is 0.570. The second-order valence-electron chi connectivity index (χ2n) is 3.15. The molecule has 0 unspecified atom stereocenters. The molecule has 0 fully saturated rings. The van der Waals surface area contributed by atoms with Gasteiger partial charge >= 0.3 is 0 Å². The number of nitrogens with zero attached hydrogens (tertiary/aromatic N) is 1. The molecule has 0 N–H and O–H groups in total. The van der Waals surface area contributed by atoms with Crippen LogP contribution >= 0.6 is 0 Å². The van der Waals surface area contributed by atoms with Crippen molar-refractivity contribution in [3.05, 3.63) is 11.3 Å². The highest BCUT2D eigenvalue weighted by Gasteiger charge is 2.15. The summed E-state index contributed by atoms with van der Waals surface area (Å²) in [4.78, 5) is 13.2.